The zero-order valence-corrected chi connectivity index (χ0v) is 18.1. The second-order valence-corrected chi connectivity index (χ2v) is 7.22. The number of nitrogens with one attached hydrogen (secondary N) is 3. The van der Waals surface area contributed by atoms with Crippen LogP contribution in [0.25, 0.3) is 5.69 Å². The Morgan fingerprint density at radius 3 is 2.61 bits per heavy atom. The quantitative estimate of drug-likeness (QED) is 0.367. The summed E-state index contributed by atoms with van der Waals surface area (Å²) in [6.07, 6.45) is 5.96. The van der Waals surface area contributed by atoms with Crippen molar-refractivity contribution in [3.05, 3.63) is 78.1 Å². The molecule has 1 aromatic heterocycles. The van der Waals surface area contributed by atoms with E-state index < -0.39 is 0 Å². The summed E-state index contributed by atoms with van der Waals surface area (Å²) < 4.78 is 1.85. The lowest BCUT2D eigenvalue weighted by atomic mass is 10.1. The molecule has 0 aliphatic carbocycles. The molecular weight excluding hydrogens is 388 g/mol. The largest absolute Gasteiger partial charge is 0.356 e. The molecule has 1 heterocycles. The predicted molar refractivity (Wildman–Crippen MR) is 125 cm³/mol. The molecule has 3 N–H and O–H groups in total. The van der Waals surface area contributed by atoms with Gasteiger partial charge in [0.15, 0.2) is 5.96 Å². The van der Waals surface area contributed by atoms with Gasteiger partial charge in [0.25, 0.3) is 0 Å². The second kappa shape index (κ2) is 11.5. The van der Waals surface area contributed by atoms with Gasteiger partial charge in [0.1, 0.15) is 0 Å². The number of carbonyl (C=O) groups is 1. The van der Waals surface area contributed by atoms with Gasteiger partial charge in [0.2, 0.25) is 5.91 Å². The SMILES string of the molecule is CCCC(=O)Nc1cccc(CNC(=NC)NCCc2ccc(-n3cccn3)cc2)c1. The van der Waals surface area contributed by atoms with Crippen molar-refractivity contribution in [3.63, 3.8) is 0 Å². The number of aliphatic imine (C=N–C) groups is 1. The number of benzene rings is 2. The highest BCUT2D eigenvalue weighted by Crippen LogP contribution is 2.11. The Balaban J connectivity index is 1.44. The van der Waals surface area contributed by atoms with E-state index in [0.29, 0.717) is 13.0 Å². The number of anilines is 1. The first-order valence-corrected chi connectivity index (χ1v) is 10.6. The van der Waals surface area contributed by atoms with Crippen LogP contribution in [0.1, 0.15) is 30.9 Å². The average molecular weight is 419 g/mol. The van der Waals surface area contributed by atoms with Crippen molar-refractivity contribution in [3.8, 4) is 5.69 Å². The van der Waals surface area contributed by atoms with Crippen LogP contribution in [-0.4, -0.2) is 35.2 Å². The van der Waals surface area contributed by atoms with Crippen LogP contribution in [0.5, 0.6) is 0 Å². The van der Waals surface area contributed by atoms with E-state index in [4.69, 9.17) is 0 Å². The molecule has 7 nitrogen and oxygen atoms in total. The van der Waals surface area contributed by atoms with Crippen LogP contribution in [0.2, 0.25) is 0 Å². The lowest BCUT2D eigenvalue weighted by Crippen LogP contribution is -2.37. The van der Waals surface area contributed by atoms with E-state index in [1.165, 1.54) is 5.56 Å². The molecule has 0 radical (unpaired) electrons. The summed E-state index contributed by atoms with van der Waals surface area (Å²) >= 11 is 0. The van der Waals surface area contributed by atoms with Gasteiger partial charge in [-0.15, -0.1) is 0 Å². The monoisotopic (exact) mass is 418 g/mol. The van der Waals surface area contributed by atoms with E-state index in [2.05, 4.69) is 50.3 Å². The molecule has 0 aliphatic rings. The van der Waals surface area contributed by atoms with Crippen molar-refractivity contribution in [2.75, 3.05) is 18.9 Å². The molecular formula is C24H30N6O. The van der Waals surface area contributed by atoms with E-state index >= 15 is 0 Å². The summed E-state index contributed by atoms with van der Waals surface area (Å²) in [6.45, 7) is 3.39. The van der Waals surface area contributed by atoms with Crippen LogP contribution in [0.15, 0.2) is 72.0 Å². The first-order chi connectivity index (χ1) is 15.2. The van der Waals surface area contributed by atoms with Gasteiger partial charge in [-0.2, -0.15) is 5.10 Å². The maximum absolute atomic E-state index is 11.8. The minimum absolute atomic E-state index is 0.0442. The van der Waals surface area contributed by atoms with E-state index in [1.807, 2.05) is 48.1 Å². The minimum atomic E-state index is 0.0442. The summed E-state index contributed by atoms with van der Waals surface area (Å²) in [5, 5.41) is 13.8. The van der Waals surface area contributed by atoms with Crippen molar-refractivity contribution < 1.29 is 4.79 Å². The summed E-state index contributed by atoms with van der Waals surface area (Å²) in [5.41, 5.74) is 4.19. The van der Waals surface area contributed by atoms with Crippen LogP contribution < -0.4 is 16.0 Å². The Morgan fingerprint density at radius 2 is 1.90 bits per heavy atom. The zero-order chi connectivity index (χ0) is 21.9. The van der Waals surface area contributed by atoms with Crippen LogP contribution in [0, 0.1) is 0 Å². The van der Waals surface area contributed by atoms with E-state index in [1.54, 1.807) is 13.2 Å². The number of amides is 1. The highest BCUT2D eigenvalue weighted by molar-refractivity contribution is 5.90. The van der Waals surface area contributed by atoms with Gasteiger partial charge >= 0.3 is 0 Å². The minimum Gasteiger partial charge on any atom is -0.356 e. The van der Waals surface area contributed by atoms with Crippen molar-refractivity contribution >= 4 is 17.6 Å². The molecule has 0 bridgehead atoms. The lowest BCUT2D eigenvalue weighted by molar-refractivity contribution is -0.116. The molecule has 3 aromatic rings. The average Bonchev–Trinajstić information content (AvgIpc) is 3.32. The molecule has 1 amide bonds. The summed E-state index contributed by atoms with van der Waals surface area (Å²) in [5.74, 6) is 0.788. The number of guanidine groups is 1. The summed E-state index contributed by atoms with van der Waals surface area (Å²) in [4.78, 5) is 16.1. The lowest BCUT2D eigenvalue weighted by Gasteiger charge is -2.13. The normalized spacial score (nSPS) is 11.2. The number of aromatic nitrogens is 2. The standard InChI is InChI=1S/C24H30N6O/c1-3-6-23(31)29-21-8-4-7-20(17-21)18-27-24(25-2)26-15-13-19-9-11-22(12-10-19)30-16-5-14-28-30/h4-5,7-12,14,16-17H,3,6,13,15,18H2,1-2H3,(H,29,31)(H2,25,26,27). The fourth-order valence-electron chi connectivity index (χ4n) is 3.18. The smallest absolute Gasteiger partial charge is 0.224 e. The van der Waals surface area contributed by atoms with Crippen LogP contribution in [-0.2, 0) is 17.8 Å². The first-order valence-electron chi connectivity index (χ1n) is 10.6. The van der Waals surface area contributed by atoms with Crippen LogP contribution in [0.4, 0.5) is 5.69 Å². The van der Waals surface area contributed by atoms with Crippen molar-refractivity contribution in [2.45, 2.75) is 32.7 Å². The number of nitrogens with zero attached hydrogens (tertiary/aromatic N) is 3. The molecule has 7 heteroatoms. The van der Waals surface area contributed by atoms with Gasteiger partial charge in [-0.05, 0) is 54.3 Å². The van der Waals surface area contributed by atoms with Gasteiger partial charge in [0, 0.05) is 44.6 Å². The molecule has 3 rings (SSSR count). The highest BCUT2D eigenvalue weighted by atomic mass is 16.1. The maximum Gasteiger partial charge on any atom is 0.224 e. The third-order valence-corrected chi connectivity index (χ3v) is 4.78. The molecule has 2 aromatic carbocycles. The topological polar surface area (TPSA) is 83.3 Å². The third kappa shape index (κ3) is 6.99. The Hall–Kier alpha value is -3.61. The van der Waals surface area contributed by atoms with Gasteiger partial charge in [-0.3, -0.25) is 9.79 Å². The Morgan fingerprint density at radius 1 is 1.06 bits per heavy atom. The molecule has 0 unspecified atom stereocenters. The Labute approximate surface area is 183 Å². The molecule has 0 saturated carbocycles. The maximum atomic E-state index is 11.8. The van der Waals surface area contributed by atoms with Crippen LogP contribution >= 0.6 is 0 Å². The van der Waals surface area contributed by atoms with E-state index in [9.17, 15) is 4.79 Å². The van der Waals surface area contributed by atoms with E-state index in [-0.39, 0.29) is 5.91 Å². The fraction of sp³-hybridized carbons (Fsp3) is 0.292. The van der Waals surface area contributed by atoms with Gasteiger partial charge in [0.05, 0.1) is 5.69 Å². The van der Waals surface area contributed by atoms with Crippen molar-refractivity contribution in [1.29, 1.82) is 0 Å². The second-order valence-electron chi connectivity index (χ2n) is 7.22. The molecule has 0 aliphatic heterocycles. The number of rotatable bonds is 9. The Kier molecular flexibility index (Phi) is 8.22. The van der Waals surface area contributed by atoms with Gasteiger partial charge < -0.3 is 16.0 Å². The van der Waals surface area contributed by atoms with E-state index in [0.717, 1.165) is 42.3 Å². The van der Waals surface area contributed by atoms with Crippen LogP contribution in [0.3, 0.4) is 0 Å². The number of hydrogen-bond donors (Lipinski definition) is 3. The molecule has 162 valence electrons. The molecule has 0 saturated heterocycles. The molecule has 0 atom stereocenters. The number of carbonyl (C=O) groups excluding carboxylic acids is 1. The van der Waals surface area contributed by atoms with Gasteiger partial charge in [-0.1, -0.05) is 31.2 Å². The third-order valence-electron chi connectivity index (χ3n) is 4.78. The van der Waals surface area contributed by atoms with Crippen molar-refractivity contribution in [2.24, 2.45) is 4.99 Å². The van der Waals surface area contributed by atoms with Crippen molar-refractivity contribution in [1.82, 2.24) is 20.4 Å². The fourth-order valence-corrected chi connectivity index (χ4v) is 3.18. The molecule has 0 fully saturated rings. The highest BCUT2D eigenvalue weighted by Gasteiger charge is 2.03. The number of hydrogen-bond acceptors (Lipinski definition) is 3. The summed E-state index contributed by atoms with van der Waals surface area (Å²) in [6, 6.07) is 18.1. The zero-order valence-electron chi connectivity index (χ0n) is 18.1. The molecule has 31 heavy (non-hydrogen) atoms. The molecule has 0 spiro atoms. The first kappa shape index (κ1) is 22.1. The predicted octanol–water partition coefficient (Wildman–Crippen LogP) is 3.52. The van der Waals surface area contributed by atoms with Gasteiger partial charge in [-0.25, -0.2) is 4.68 Å². The Bertz CT molecular complexity index is 980. The summed E-state index contributed by atoms with van der Waals surface area (Å²) in [7, 11) is 1.76.